The quantitative estimate of drug-likeness (QED) is 0.703. The first-order chi connectivity index (χ1) is 15.2. The summed E-state index contributed by atoms with van der Waals surface area (Å²) in [6.45, 7) is 6.10. The summed E-state index contributed by atoms with van der Waals surface area (Å²) in [5.74, 6) is 0.267. The minimum absolute atomic E-state index is 0.0117. The van der Waals surface area contributed by atoms with Crippen molar-refractivity contribution in [2.75, 3.05) is 65.6 Å². The van der Waals surface area contributed by atoms with E-state index in [2.05, 4.69) is 33.8 Å². The first kappa shape index (κ1) is 22.0. The van der Waals surface area contributed by atoms with E-state index < -0.39 is 0 Å². The molecule has 1 atom stereocenters. The molecule has 2 amide bonds. The predicted octanol–water partition coefficient (Wildman–Crippen LogP) is 1.43. The van der Waals surface area contributed by atoms with Gasteiger partial charge in [0.2, 0.25) is 11.8 Å². The van der Waals surface area contributed by atoms with Gasteiger partial charge in [0.05, 0.1) is 32.3 Å². The second-order valence-corrected chi connectivity index (χ2v) is 8.87. The summed E-state index contributed by atoms with van der Waals surface area (Å²) in [7, 11) is 0. The number of hydrogen-bond acceptors (Lipinski definition) is 6. The molecular formula is C23H30N4O3S. The van der Waals surface area contributed by atoms with Crippen LogP contribution in [0.1, 0.15) is 16.5 Å². The molecule has 1 N–H and O–H groups in total. The summed E-state index contributed by atoms with van der Waals surface area (Å²) in [6, 6.07) is 14.4. The number of carbonyl (C=O) groups is 2. The van der Waals surface area contributed by atoms with E-state index in [0.29, 0.717) is 52.5 Å². The maximum atomic E-state index is 12.8. The van der Waals surface area contributed by atoms with Crippen LogP contribution in [0.15, 0.2) is 47.8 Å². The Labute approximate surface area is 187 Å². The Morgan fingerprint density at radius 2 is 1.61 bits per heavy atom. The molecule has 0 bridgehead atoms. The van der Waals surface area contributed by atoms with Crippen LogP contribution in [0.3, 0.4) is 0 Å². The highest BCUT2D eigenvalue weighted by Gasteiger charge is 2.25. The molecule has 3 heterocycles. The fraction of sp³-hybridized carbons (Fsp3) is 0.478. The van der Waals surface area contributed by atoms with Crippen molar-refractivity contribution in [3.05, 3.63) is 58.3 Å². The van der Waals surface area contributed by atoms with Gasteiger partial charge in [0.1, 0.15) is 0 Å². The molecule has 2 aliphatic heterocycles. The van der Waals surface area contributed by atoms with Gasteiger partial charge in [-0.1, -0.05) is 36.4 Å². The first-order valence-corrected chi connectivity index (χ1v) is 11.8. The predicted molar refractivity (Wildman–Crippen MR) is 121 cm³/mol. The Kier molecular flexibility index (Phi) is 7.69. The van der Waals surface area contributed by atoms with Gasteiger partial charge in [-0.3, -0.25) is 19.8 Å². The third kappa shape index (κ3) is 5.92. The first-order valence-electron chi connectivity index (χ1n) is 10.9. The minimum Gasteiger partial charge on any atom is -0.378 e. The molecule has 166 valence electrons. The smallest absolute Gasteiger partial charge is 0.236 e. The molecule has 2 aromatic rings. The van der Waals surface area contributed by atoms with E-state index in [4.69, 9.17) is 4.74 Å². The van der Waals surface area contributed by atoms with E-state index in [1.54, 1.807) is 11.3 Å². The molecule has 1 aromatic carbocycles. The second-order valence-electron chi connectivity index (χ2n) is 7.89. The topological polar surface area (TPSA) is 65.1 Å². The fourth-order valence-corrected chi connectivity index (χ4v) is 4.87. The summed E-state index contributed by atoms with van der Waals surface area (Å²) in [4.78, 5) is 32.4. The van der Waals surface area contributed by atoms with E-state index in [0.717, 1.165) is 18.7 Å². The van der Waals surface area contributed by atoms with Gasteiger partial charge < -0.3 is 14.5 Å². The zero-order valence-electron chi connectivity index (χ0n) is 17.7. The lowest BCUT2D eigenvalue weighted by atomic mass is 10.1. The van der Waals surface area contributed by atoms with Crippen LogP contribution in [-0.4, -0.2) is 92.1 Å². The van der Waals surface area contributed by atoms with Gasteiger partial charge in [-0.15, -0.1) is 11.3 Å². The summed E-state index contributed by atoms with van der Waals surface area (Å²) in [5, 5.41) is 5.52. The highest BCUT2D eigenvalue weighted by molar-refractivity contribution is 7.10. The Morgan fingerprint density at radius 1 is 0.903 bits per heavy atom. The molecule has 2 saturated heterocycles. The highest BCUT2D eigenvalue weighted by Crippen LogP contribution is 2.25. The van der Waals surface area contributed by atoms with Crippen LogP contribution in [0.25, 0.3) is 0 Å². The summed E-state index contributed by atoms with van der Waals surface area (Å²) in [6.07, 6.45) is 0. The van der Waals surface area contributed by atoms with Crippen LogP contribution in [0.2, 0.25) is 0 Å². The highest BCUT2D eigenvalue weighted by atomic mass is 32.1. The van der Waals surface area contributed by atoms with Crippen LogP contribution in [-0.2, 0) is 14.3 Å². The van der Waals surface area contributed by atoms with E-state index >= 15 is 0 Å². The van der Waals surface area contributed by atoms with Gasteiger partial charge in [0, 0.05) is 44.1 Å². The van der Waals surface area contributed by atoms with Crippen molar-refractivity contribution in [3.63, 3.8) is 0 Å². The number of nitrogens with one attached hydrogen (secondary N) is 1. The monoisotopic (exact) mass is 442 g/mol. The number of morpholine rings is 1. The van der Waals surface area contributed by atoms with Crippen LogP contribution < -0.4 is 5.32 Å². The van der Waals surface area contributed by atoms with E-state index in [-0.39, 0.29) is 17.9 Å². The van der Waals surface area contributed by atoms with Crippen molar-refractivity contribution >= 4 is 23.2 Å². The number of hydrogen-bond donors (Lipinski definition) is 1. The third-order valence-corrected chi connectivity index (χ3v) is 6.80. The maximum absolute atomic E-state index is 12.8. The lowest BCUT2D eigenvalue weighted by Gasteiger charge is -2.36. The lowest BCUT2D eigenvalue weighted by molar-refractivity contribution is -0.137. The summed E-state index contributed by atoms with van der Waals surface area (Å²) < 4.78 is 5.31. The molecule has 0 saturated carbocycles. The van der Waals surface area contributed by atoms with Crippen molar-refractivity contribution in [1.29, 1.82) is 0 Å². The molecule has 0 unspecified atom stereocenters. The van der Waals surface area contributed by atoms with Crippen LogP contribution in [0.4, 0.5) is 0 Å². The Morgan fingerprint density at radius 3 is 2.29 bits per heavy atom. The summed E-state index contributed by atoms with van der Waals surface area (Å²) in [5.41, 5.74) is 1.16. The largest absolute Gasteiger partial charge is 0.378 e. The standard InChI is InChI=1S/C23H30N4O3S/c28-21(17-24-23(20-7-4-16-31-20)19-5-2-1-3-6-19)26-10-8-25(9-11-26)18-22(29)27-12-14-30-15-13-27/h1-7,16,23-24H,8-15,17-18H2/t23-/m1/s1. The average Bonchev–Trinajstić information content (AvgIpc) is 3.35. The molecule has 1 aromatic heterocycles. The molecule has 0 spiro atoms. The third-order valence-electron chi connectivity index (χ3n) is 5.87. The van der Waals surface area contributed by atoms with E-state index in [1.807, 2.05) is 34.1 Å². The van der Waals surface area contributed by atoms with E-state index in [9.17, 15) is 9.59 Å². The average molecular weight is 443 g/mol. The van der Waals surface area contributed by atoms with Gasteiger partial charge in [-0.25, -0.2) is 0 Å². The minimum atomic E-state index is 0.0117. The van der Waals surface area contributed by atoms with Gasteiger partial charge in [0.25, 0.3) is 0 Å². The normalized spacial score (nSPS) is 18.7. The Balaban J connectivity index is 1.25. The Hall–Kier alpha value is -2.26. The number of benzene rings is 1. The van der Waals surface area contributed by atoms with Gasteiger partial charge >= 0.3 is 0 Å². The molecule has 0 radical (unpaired) electrons. The van der Waals surface area contributed by atoms with Crippen LogP contribution >= 0.6 is 11.3 Å². The molecular weight excluding hydrogens is 412 g/mol. The molecule has 2 aliphatic rings. The van der Waals surface area contributed by atoms with Crippen LogP contribution in [0.5, 0.6) is 0 Å². The van der Waals surface area contributed by atoms with Gasteiger partial charge in [-0.05, 0) is 17.0 Å². The second kappa shape index (κ2) is 10.9. The number of carbonyl (C=O) groups excluding carboxylic acids is 2. The number of amides is 2. The fourth-order valence-electron chi connectivity index (χ4n) is 4.04. The molecule has 0 aliphatic carbocycles. The number of ether oxygens (including phenoxy) is 1. The molecule has 7 nitrogen and oxygen atoms in total. The molecule has 8 heteroatoms. The number of rotatable bonds is 7. The lowest BCUT2D eigenvalue weighted by Crippen LogP contribution is -2.53. The maximum Gasteiger partial charge on any atom is 0.236 e. The Bertz CT molecular complexity index is 832. The molecule has 2 fully saturated rings. The number of piperazine rings is 1. The van der Waals surface area contributed by atoms with Gasteiger partial charge in [0.15, 0.2) is 0 Å². The number of thiophene rings is 1. The SMILES string of the molecule is O=C(CN[C@H](c1ccccc1)c1cccs1)N1CCN(CC(=O)N2CCOCC2)CC1. The van der Waals surface area contributed by atoms with Crippen LogP contribution in [0, 0.1) is 0 Å². The van der Waals surface area contributed by atoms with Gasteiger partial charge in [-0.2, -0.15) is 0 Å². The van der Waals surface area contributed by atoms with Crippen molar-refractivity contribution in [2.24, 2.45) is 0 Å². The van der Waals surface area contributed by atoms with E-state index in [1.165, 1.54) is 4.88 Å². The van der Waals surface area contributed by atoms with Crippen molar-refractivity contribution in [1.82, 2.24) is 20.0 Å². The summed E-state index contributed by atoms with van der Waals surface area (Å²) >= 11 is 1.69. The zero-order chi connectivity index (χ0) is 21.5. The van der Waals surface area contributed by atoms with Crippen molar-refractivity contribution in [2.45, 2.75) is 6.04 Å². The molecule has 31 heavy (non-hydrogen) atoms. The number of nitrogens with zero attached hydrogens (tertiary/aromatic N) is 3. The zero-order valence-corrected chi connectivity index (χ0v) is 18.6. The molecule has 4 rings (SSSR count). The van der Waals surface area contributed by atoms with Crippen molar-refractivity contribution in [3.8, 4) is 0 Å². The van der Waals surface area contributed by atoms with Crippen molar-refractivity contribution < 1.29 is 14.3 Å².